The number of fused-ring (bicyclic) bond motifs is 1. The predicted molar refractivity (Wildman–Crippen MR) is 138 cm³/mol. The molecule has 1 aliphatic carbocycles. The number of Topliss-reactive ketones (excluding diaryl/α,β-unsaturated/α-hetero) is 1. The number of benzene rings is 2. The molecular weight excluding hydrogens is 604 g/mol. The van der Waals surface area contributed by atoms with Gasteiger partial charge in [0.2, 0.25) is 0 Å². The minimum Gasteiger partial charge on any atom is -0.497 e. The van der Waals surface area contributed by atoms with E-state index in [-0.39, 0.29) is 15.2 Å². The molecule has 10 heteroatoms. The van der Waals surface area contributed by atoms with E-state index in [0.717, 1.165) is 10.0 Å². The monoisotopic (exact) mass is 624 g/mol. The second-order valence-corrected chi connectivity index (χ2v) is 11.4. The summed E-state index contributed by atoms with van der Waals surface area (Å²) < 4.78 is 5.15. The Morgan fingerprint density at radius 1 is 0.943 bits per heavy atom. The summed E-state index contributed by atoms with van der Waals surface area (Å²) >= 11 is 13.1. The zero-order valence-corrected chi connectivity index (χ0v) is 22.9. The number of hydrogen-bond acceptors (Lipinski definition) is 5. The number of nitrogens with zero attached hydrogens (tertiary/aromatic N) is 2. The SMILES string of the molecule is COc1ccc(C(=O)[C@H](C)N(C(=O)c2ccc(Cl)cc2)N2C(=O)[C@@H]3C[C@@H](Br)[C@@H](Br)C[C@H]3C2=O)cc1. The van der Waals surface area contributed by atoms with E-state index in [1.165, 1.54) is 26.2 Å². The van der Waals surface area contributed by atoms with Crippen molar-refractivity contribution in [2.75, 3.05) is 7.11 Å². The normalized spacial score (nSPS) is 24.7. The van der Waals surface area contributed by atoms with E-state index in [9.17, 15) is 19.2 Å². The molecule has 0 bridgehead atoms. The first-order valence-electron chi connectivity index (χ1n) is 11.1. The number of carbonyl (C=O) groups is 4. The van der Waals surface area contributed by atoms with Crippen molar-refractivity contribution in [3.8, 4) is 5.75 Å². The first-order valence-corrected chi connectivity index (χ1v) is 13.3. The Bertz CT molecular complexity index is 1130. The van der Waals surface area contributed by atoms with Crippen LogP contribution in [0.3, 0.4) is 0 Å². The fourth-order valence-electron chi connectivity index (χ4n) is 4.56. The third-order valence-electron chi connectivity index (χ3n) is 6.52. The van der Waals surface area contributed by atoms with Gasteiger partial charge in [0.05, 0.1) is 18.9 Å². The lowest BCUT2D eigenvalue weighted by Gasteiger charge is -2.34. The number of carbonyl (C=O) groups excluding carboxylic acids is 4. The molecular formula is C25H23Br2ClN2O5. The zero-order chi connectivity index (χ0) is 25.4. The van der Waals surface area contributed by atoms with Crippen molar-refractivity contribution in [1.29, 1.82) is 0 Å². The molecule has 0 unspecified atom stereocenters. The number of ether oxygens (including phenoxy) is 1. The smallest absolute Gasteiger partial charge is 0.273 e. The van der Waals surface area contributed by atoms with Crippen LogP contribution in [0.1, 0.15) is 40.5 Å². The van der Waals surface area contributed by atoms with Crippen LogP contribution in [0.5, 0.6) is 5.75 Å². The predicted octanol–water partition coefficient (Wildman–Crippen LogP) is 4.90. The molecule has 1 saturated carbocycles. The molecule has 0 radical (unpaired) electrons. The molecule has 1 heterocycles. The summed E-state index contributed by atoms with van der Waals surface area (Å²) in [5.41, 5.74) is 0.528. The van der Waals surface area contributed by atoms with Crippen molar-refractivity contribution >= 4 is 67.0 Å². The van der Waals surface area contributed by atoms with E-state index < -0.39 is 41.4 Å². The maximum atomic E-state index is 13.7. The fraction of sp³-hybridized carbons (Fsp3) is 0.360. The van der Waals surface area contributed by atoms with E-state index in [1.54, 1.807) is 36.4 Å². The highest BCUT2D eigenvalue weighted by Crippen LogP contribution is 2.44. The minimum absolute atomic E-state index is 0.0132. The molecule has 2 aromatic carbocycles. The van der Waals surface area contributed by atoms with Crippen LogP contribution in [0, 0.1) is 11.8 Å². The maximum absolute atomic E-state index is 13.7. The van der Waals surface area contributed by atoms with Crippen LogP contribution < -0.4 is 4.74 Å². The van der Waals surface area contributed by atoms with E-state index in [0.29, 0.717) is 29.2 Å². The number of amides is 3. The molecule has 3 amide bonds. The number of hydrazine groups is 1. The number of halogens is 3. The third-order valence-corrected chi connectivity index (χ3v) is 9.51. The second kappa shape index (κ2) is 10.4. The lowest BCUT2D eigenvalue weighted by atomic mass is 9.81. The molecule has 2 aromatic rings. The molecule has 4 rings (SSSR count). The fourth-order valence-corrected chi connectivity index (χ4v) is 5.93. The van der Waals surface area contributed by atoms with Gasteiger partial charge >= 0.3 is 0 Å². The Kier molecular flexibility index (Phi) is 7.68. The summed E-state index contributed by atoms with van der Waals surface area (Å²) in [6.45, 7) is 1.52. The highest BCUT2D eigenvalue weighted by atomic mass is 79.9. The first-order chi connectivity index (χ1) is 16.6. The zero-order valence-electron chi connectivity index (χ0n) is 19.0. The van der Waals surface area contributed by atoms with Crippen molar-refractivity contribution < 1.29 is 23.9 Å². The van der Waals surface area contributed by atoms with Crippen LogP contribution in [0.25, 0.3) is 0 Å². The van der Waals surface area contributed by atoms with E-state index in [2.05, 4.69) is 31.9 Å². The molecule has 0 N–H and O–H groups in total. The Labute approximate surface area is 225 Å². The first kappa shape index (κ1) is 25.9. The molecule has 184 valence electrons. The largest absolute Gasteiger partial charge is 0.497 e. The van der Waals surface area contributed by atoms with Gasteiger partial charge in [-0.1, -0.05) is 43.5 Å². The molecule has 35 heavy (non-hydrogen) atoms. The van der Waals surface area contributed by atoms with Gasteiger partial charge in [-0.15, -0.1) is 0 Å². The minimum atomic E-state index is -1.13. The Morgan fingerprint density at radius 3 is 1.91 bits per heavy atom. The van der Waals surface area contributed by atoms with Gasteiger partial charge in [0.25, 0.3) is 17.7 Å². The number of methoxy groups -OCH3 is 1. The second-order valence-electron chi connectivity index (χ2n) is 8.63. The number of hydrogen-bond donors (Lipinski definition) is 0. The summed E-state index contributed by atoms with van der Waals surface area (Å²) in [7, 11) is 1.52. The number of imide groups is 1. The van der Waals surface area contributed by atoms with Crippen molar-refractivity contribution in [2.45, 2.75) is 35.5 Å². The Morgan fingerprint density at radius 2 is 1.43 bits per heavy atom. The van der Waals surface area contributed by atoms with Crippen LogP contribution in [0.4, 0.5) is 0 Å². The Hall–Kier alpha value is -2.23. The van der Waals surface area contributed by atoms with Crippen LogP contribution in [0.15, 0.2) is 48.5 Å². The van der Waals surface area contributed by atoms with Crippen LogP contribution in [0.2, 0.25) is 5.02 Å². The third kappa shape index (κ3) is 4.90. The molecule has 0 spiro atoms. The summed E-state index contributed by atoms with van der Waals surface area (Å²) in [5.74, 6) is -2.55. The highest BCUT2D eigenvalue weighted by molar-refractivity contribution is 9.12. The molecule has 1 aliphatic heterocycles. The summed E-state index contributed by atoms with van der Waals surface area (Å²) in [6.07, 6.45) is 0.900. The van der Waals surface area contributed by atoms with Crippen LogP contribution >= 0.6 is 43.5 Å². The van der Waals surface area contributed by atoms with Crippen molar-refractivity contribution in [1.82, 2.24) is 10.0 Å². The van der Waals surface area contributed by atoms with Crippen LogP contribution in [-0.2, 0) is 9.59 Å². The lowest BCUT2D eigenvalue weighted by Crippen LogP contribution is -2.56. The quantitative estimate of drug-likeness (QED) is 0.259. The van der Waals surface area contributed by atoms with E-state index >= 15 is 0 Å². The van der Waals surface area contributed by atoms with Crippen molar-refractivity contribution in [3.63, 3.8) is 0 Å². The van der Waals surface area contributed by atoms with Crippen molar-refractivity contribution in [2.24, 2.45) is 11.8 Å². The standard InChI is InChI=1S/C25H23Br2ClN2O5/c1-13(22(31)14-5-9-17(35-2)10-6-14)29(23(32)15-3-7-16(28)8-4-15)30-24(33)18-11-20(26)21(27)12-19(18)25(30)34/h3-10,13,18-21H,11-12H2,1-2H3/t13-,18+,19+,20-,21+/m0/s1. The van der Waals surface area contributed by atoms with Gasteiger partial charge in [0.15, 0.2) is 5.78 Å². The molecule has 2 aliphatic rings. The van der Waals surface area contributed by atoms with Gasteiger partial charge in [-0.3, -0.25) is 19.2 Å². The number of ketones is 1. The summed E-state index contributed by atoms with van der Waals surface area (Å²) in [6, 6.07) is 11.4. The molecule has 7 nitrogen and oxygen atoms in total. The Balaban J connectivity index is 1.73. The molecule has 1 saturated heterocycles. The van der Waals surface area contributed by atoms with E-state index in [1.807, 2.05) is 0 Å². The summed E-state index contributed by atoms with van der Waals surface area (Å²) in [4.78, 5) is 54.2. The van der Waals surface area contributed by atoms with Gasteiger partial charge in [0, 0.05) is 25.8 Å². The average molecular weight is 627 g/mol. The maximum Gasteiger partial charge on any atom is 0.273 e. The number of alkyl halides is 2. The molecule has 0 aromatic heterocycles. The van der Waals surface area contributed by atoms with Crippen LogP contribution in [-0.4, -0.2) is 56.3 Å². The lowest BCUT2D eigenvalue weighted by molar-refractivity contribution is -0.156. The van der Waals surface area contributed by atoms with E-state index in [4.69, 9.17) is 16.3 Å². The topological polar surface area (TPSA) is 84.0 Å². The van der Waals surface area contributed by atoms with Crippen molar-refractivity contribution in [3.05, 3.63) is 64.7 Å². The van der Waals surface area contributed by atoms with Gasteiger partial charge < -0.3 is 4.74 Å². The molecule has 2 fully saturated rings. The average Bonchev–Trinajstić information content (AvgIpc) is 3.08. The summed E-state index contributed by atoms with van der Waals surface area (Å²) in [5, 5.41) is 2.33. The number of rotatable bonds is 6. The van der Waals surface area contributed by atoms with Gasteiger partial charge in [-0.2, -0.15) is 5.01 Å². The van der Waals surface area contributed by atoms with Gasteiger partial charge in [-0.25, -0.2) is 5.01 Å². The van der Waals surface area contributed by atoms with Gasteiger partial charge in [-0.05, 0) is 68.3 Å². The molecule has 5 atom stereocenters. The van der Waals surface area contributed by atoms with Gasteiger partial charge in [0.1, 0.15) is 11.8 Å². The highest BCUT2D eigenvalue weighted by Gasteiger charge is 2.55.